The first kappa shape index (κ1) is 25.3. The molecule has 3 aromatic carbocycles. The predicted octanol–water partition coefficient (Wildman–Crippen LogP) is 4.64. The molecule has 3 atom stereocenters. The molecule has 182 valence electrons. The molecule has 3 aromatic rings. The lowest BCUT2D eigenvalue weighted by atomic mass is 9.92. The Morgan fingerprint density at radius 1 is 1.06 bits per heavy atom. The van der Waals surface area contributed by atoms with Crippen molar-refractivity contribution < 1.29 is 24.2 Å². The minimum Gasteiger partial charge on any atom is -0.494 e. The molecular formula is C27H26ClNO5S. The van der Waals surface area contributed by atoms with E-state index in [0.29, 0.717) is 29.3 Å². The van der Waals surface area contributed by atoms with Crippen LogP contribution in [0.2, 0.25) is 5.02 Å². The number of carbonyl (C=O) groups excluding carboxylic acids is 2. The van der Waals surface area contributed by atoms with Crippen molar-refractivity contribution in [2.75, 3.05) is 18.1 Å². The molecule has 8 heteroatoms. The van der Waals surface area contributed by atoms with Gasteiger partial charge in [0.05, 0.1) is 6.61 Å². The summed E-state index contributed by atoms with van der Waals surface area (Å²) in [5.41, 5.74) is 8.81. The molecule has 35 heavy (non-hydrogen) atoms. The Kier molecular flexibility index (Phi) is 8.13. The van der Waals surface area contributed by atoms with Gasteiger partial charge >= 0.3 is 0 Å². The standard InChI is InChI=1S/C27H26ClNO5S/c1-2-33-20-9-6-16(7-10-20)12-18-13-17(8-11-22(18)28)27-26(32)25(31)24(30)23(34-27)15-35-21-5-3-4-19(29)14-21/h3-11,13-14,23,25,27,31H,2,12,15,29H2,1H3/t23-,25+,27+/m1/s1. The molecule has 1 saturated heterocycles. The number of Topliss-reactive ketones (excluding diaryl/α,β-unsaturated/α-hetero) is 2. The van der Waals surface area contributed by atoms with Crippen LogP contribution in [-0.4, -0.2) is 41.2 Å². The first-order chi connectivity index (χ1) is 16.9. The van der Waals surface area contributed by atoms with Crippen LogP contribution < -0.4 is 10.5 Å². The number of anilines is 1. The van der Waals surface area contributed by atoms with Gasteiger partial charge in [0, 0.05) is 21.4 Å². The van der Waals surface area contributed by atoms with Gasteiger partial charge < -0.3 is 20.3 Å². The predicted molar refractivity (Wildman–Crippen MR) is 137 cm³/mol. The Hall–Kier alpha value is -2.84. The van der Waals surface area contributed by atoms with Crippen LogP contribution in [0.1, 0.15) is 29.7 Å². The zero-order valence-electron chi connectivity index (χ0n) is 19.1. The van der Waals surface area contributed by atoms with Crippen molar-refractivity contribution in [2.45, 2.75) is 36.6 Å². The molecule has 0 amide bonds. The van der Waals surface area contributed by atoms with E-state index in [0.717, 1.165) is 21.8 Å². The lowest BCUT2D eigenvalue weighted by Gasteiger charge is -2.31. The van der Waals surface area contributed by atoms with Crippen LogP contribution in [0.4, 0.5) is 5.69 Å². The van der Waals surface area contributed by atoms with Crippen molar-refractivity contribution in [3.63, 3.8) is 0 Å². The zero-order chi connectivity index (χ0) is 24.9. The second-order valence-corrected chi connectivity index (χ2v) is 9.70. The number of aliphatic hydroxyl groups excluding tert-OH is 1. The van der Waals surface area contributed by atoms with E-state index in [4.69, 9.17) is 26.8 Å². The molecule has 1 fully saturated rings. The van der Waals surface area contributed by atoms with Crippen LogP contribution in [0.15, 0.2) is 71.6 Å². The lowest BCUT2D eigenvalue weighted by molar-refractivity contribution is -0.166. The number of thioether (sulfide) groups is 1. The van der Waals surface area contributed by atoms with Gasteiger partial charge in [0.25, 0.3) is 0 Å². The molecule has 1 aliphatic rings. The highest BCUT2D eigenvalue weighted by Crippen LogP contribution is 2.33. The first-order valence-electron chi connectivity index (χ1n) is 11.2. The van der Waals surface area contributed by atoms with Crippen molar-refractivity contribution in [1.82, 2.24) is 0 Å². The molecule has 0 aromatic heterocycles. The van der Waals surface area contributed by atoms with Gasteiger partial charge in [-0.15, -0.1) is 11.8 Å². The monoisotopic (exact) mass is 511 g/mol. The van der Waals surface area contributed by atoms with Crippen molar-refractivity contribution in [3.05, 3.63) is 88.4 Å². The smallest absolute Gasteiger partial charge is 0.202 e. The molecule has 0 spiro atoms. The highest BCUT2D eigenvalue weighted by Gasteiger charge is 2.43. The topological polar surface area (TPSA) is 98.8 Å². The minimum absolute atomic E-state index is 0.246. The molecule has 0 aliphatic carbocycles. The number of hydrogen-bond acceptors (Lipinski definition) is 7. The second-order valence-electron chi connectivity index (χ2n) is 8.20. The molecule has 1 heterocycles. The highest BCUT2D eigenvalue weighted by atomic mass is 35.5. The Morgan fingerprint density at radius 3 is 2.54 bits per heavy atom. The van der Waals surface area contributed by atoms with E-state index in [9.17, 15) is 14.7 Å². The summed E-state index contributed by atoms with van der Waals surface area (Å²) in [7, 11) is 0. The maximum atomic E-state index is 12.8. The van der Waals surface area contributed by atoms with Crippen LogP contribution in [0.25, 0.3) is 0 Å². The summed E-state index contributed by atoms with van der Waals surface area (Å²) in [6, 6.07) is 20.2. The van der Waals surface area contributed by atoms with E-state index in [-0.39, 0.29) is 5.75 Å². The number of halogens is 1. The van der Waals surface area contributed by atoms with Gasteiger partial charge in [-0.3, -0.25) is 9.59 Å². The van der Waals surface area contributed by atoms with E-state index in [1.54, 1.807) is 30.3 Å². The fraction of sp³-hybridized carbons (Fsp3) is 0.259. The van der Waals surface area contributed by atoms with Gasteiger partial charge in [0.15, 0.2) is 11.9 Å². The number of ketones is 2. The van der Waals surface area contributed by atoms with Crippen molar-refractivity contribution in [2.24, 2.45) is 0 Å². The zero-order valence-corrected chi connectivity index (χ0v) is 20.7. The summed E-state index contributed by atoms with van der Waals surface area (Å²) in [6.45, 7) is 2.52. The Balaban J connectivity index is 1.52. The molecule has 4 rings (SSSR count). The van der Waals surface area contributed by atoms with E-state index >= 15 is 0 Å². The fourth-order valence-corrected chi connectivity index (χ4v) is 5.05. The average molecular weight is 512 g/mol. The first-order valence-corrected chi connectivity index (χ1v) is 12.6. The van der Waals surface area contributed by atoms with E-state index in [1.165, 1.54) is 11.8 Å². The number of ether oxygens (including phenoxy) is 2. The quantitative estimate of drug-likeness (QED) is 0.258. The fourth-order valence-electron chi connectivity index (χ4n) is 3.88. The highest BCUT2D eigenvalue weighted by molar-refractivity contribution is 7.99. The van der Waals surface area contributed by atoms with Crippen molar-refractivity contribution >= 4 is 40.6 Å². The summed E-state index contributed by atoms with van der Waals surface area (Å²) in [6.07, 6.45) is -3.20. The summed E-state index contributed by atoms with van der Waals surface area (Å²) in [5.74, 6) is -0.269. The third-order valence-corrected chi connectivity index (χ3v) is 7.10. The van der Waals surface area contributed by atoms with E-state index in [2.05, 4.69) is 0 Å². The minimum atomic E-state index is -1.73. The molecule has 0 bridgehead atoms. The van der Waals surface area contributed by atoms with Crippen LogP contribution >= 0.6 is 23.4 Å². The van der Waals surface area contributed by atoms with Gasteiger partial charge in [-0.1, -0.05) is 41.9 Å². The second kappa shape index (κ2) is 11.3. The molecule has 0 radical (unpaired) electrons. The van der Waals surface area contributed by atoms with Crippen LogP contribution in [-0.2, 0) is 20.7 Å². The van der Waals surface area contributed by atoms with Gasteiger partial charge in [0.1, 0.15) is 18.0 Å². The number of rotatable bonds is 8. The Morgan fingerprint density at radius 2 is 1.83 bits per heavy atom. The number of nitrogens with two attached hydrogens (primary N) is 1. The average Bonchev–Trinajstić information content (AvgIpc) is 2.85. The number of carbonyl (C=O) groups is 2. The van der Waals surface area contributed by atoms with E-state index < -0.39 is 29.9 Å². The molecule has 0 saturated carbocycles. The molecule has 1 aliphatic heterocycles. The molecular weight excluding hydrogens is 486 g/mol. The Bertz CT molecular complexity index is 1220. The van der Waals surface area contributed by atoms with Gasteiger partial charge in [-0.05, 0) is 66.4 Å². The molecule has 0 unspecified atom stereocenters. The maximum Gasteiger partial charge on any atom is 0.202 e. The van der Waals surface area contributed by atoms with Crippen LogP contribution in [0, 0.1) is 0 Å². The van der Waals surface area contributed by atoms with E-state index in [1.807, 2.05) is 43.3 Å². The third-order valence-electron chi connectivity index (χ3n) is 5.68. The summed E-state index contributed by atoms with van der Waals surface area (Å²) in [5, 5.41) is 10.9. The van der Waals surface area contributed by atoms with Gasteiger partial charge in [-0.2, -0.15) is 0 Å². The van der Waals surface area contributed by atoms with Crippen molar-refractivity contribution in [3.8, 4) is 5.75 Å². The number of nitrogen functional groups attached to an aromatic ring is 1. The SMILES string of the molecule is CCOc1ccc(Cc2cc([C@@H]3O[C@H](CSc4cccc(N)c4)C(=O)[C@H](O)C3=O)ccc2Cl)cc1. The van der Waals surface area contributed by atoms with Crippen molar-refractivity contribution in [1.29, 1.82) is 0 Å². The van der Waals surface area contributed by atoms with Gasteiger partial charge in [-0.25, -0.2) is 0 Å². The van der Waals surface area contributed by atoms with Crippen LogP contribution in [0.5, 0.6) is 5.75 Å². The lowest BCUT2D eigenvalue weighted by Crippen LogP contribution is -2.49. The summed E-state index contributed by atoms with van der Waals surface area (Å²) < 4.78 is 11.4. The number of benzene rings is 3. The Labute approximate surface area is 213 Å². The summed E-state index contributed by atoms with van der Waals surface area (Å²) >= 11 is 7.82. The summed E-state index contributed by atoms with van der Waals surface area (Å²) in [4.78, 5) is 26.2. The number of hydrogen-bond donors (Lipinski definition) is 2. The molecule has 6 nitrogen and oxygen atoms in total. The normalized spacial score (nSPS) is 20.1. The van der Waals surface area contributed by atoms with Crippen LogP contribution in [0.3, 0.4) is 0 Å². The number of aliphatic hydroxyl groups is 1. The largest absolute Gasteiger partial charge is 0.494 e. The van der Waals surface area contributed by atoms with Gasteiger partial charge in [0.2, 0.25) is 5.78 Å². The third kappa shape index (κ3) is 6.05. The molecule has 3 N–H and O–H groups in total. The maximum absolute atomic E-state index is 12.8.